The number of anilines is 1. The van der Waals surface area contributed by atoms with Crippen molar-refractivity contribution in [3.63, 3.8) is 0 Å². The van der Waals surface area contributed by atoms with E-state index >= 15 is 0 Å². The van der Waals surface area contributed by atoms with Gasteiger partial charge in [0, 0.05) is 10.4 Å². The Balaban J connectivity index is 1.39. The number of carbonyl (C=O) groups excluding carboxylic acids is 2. The van der Waals surface area contributed by atoms with Gasteiger partial charge in [0.25, 0.3) is 5.91 Å². The molecule has 1 aliphatic rings. The van der Waals surface area contributed by atoms with Gasteiger partial charge in [0.1, 0.15) is 5.75 Å². The molecule has 1 amide bonds. The standard InChI is InChI=1S/C29H21ClF2N2O4/c30-19-12-9-17(10-13-19)15-18-11-14-21-26(20-5-1-2-6-22(20)34-27(18)21)28(36)37-16-25(35)33-23-7-3-4-8-24(23)38-29(31)32/h1-10,12-13,15,29H,11,14,16H2,(H,33,35). The Labute approximate surface area is 221 Å². The van der Waals surface area contributed by atoms with Crippen LogP contribution < -0.4 is 10.1 Å². The molecule has 9 heteroatoms. The lowest BCUT2D eigenvalue weighted by molar-refractivity contribution is -0.119. The monoisotopic (exact) mass is 534 g/mol. The van der Waals surface area contributed by atoms with Crippen molar-refractivity contribution >= 4 is 51.7 Å². The molecule has 0 bridgehead atoms. The summed E-state index contributed by atoms with van der Waals surface area (Å²) in [5.74, 6) is -1.55. The van der Waals surface area contributed by atoms with Crippen LogP contribution in [-0.2, 0) is 16.0 Å². The van der Waals surface area contributed by atoms with Crippen LogP contribution >= 0.6 is 11.6 Å². The fourth-order valence-corrected chi connectivity index (χ4v) is 4.56. The summed E-state index contributed by atoms with van der Waals surface area (Å²) in [6.45, 7) is -3.66. The van der Waals surface area contributed by atoms with Gasteiger partial charge < -0.3 is 14.8 Å². The molecule has 0 saturated carbocycles. The number of halogens is 3. The molecule has 1 N–H and O–H groups in total. The van der Waals surface area contributed by atoms with Crippen molar-refractivity contribution in [3.8, 4) is 5.75 Å². The number of fused-ring (bicyclic) bond motifs is 2. The molecule has 38 heavy (non-hydrogen) atoms. The van der Waals surface area contributed by atoms with E-state index in [4.69, 9.17) is 21.3 Å². The smallest absolute Gasteiger partial charge is 0.387 e. The van der Waals surface area contributed by atoms with Crippen molar-refractivity contribution in [2.24, 2.45) is 0 Å². The molecule has 0 fully saturated rings. The number of ether oxygens (including phenoxy) is 2. The SMILES string of the molecule is O=C(COC(=O)c1c2c(nc3ccccc13)C(=Cc1ccc(Cl)cc1)CC2)Nc1ccccc1OC(F)F. The third-order valence-corrected chi connectivity index (χ3v) is 6.32. The number of rotatable bonds is 7. The van der Waals surface area contributed by atoms with E-state index in [1.807, 2.05) is 42.5 Å². The van der Waals surface area contributed by atoms with Crippen LogP contribution in [0.2, 0.25) is 5.02 Å². The van der Waals surface area contributed by atoms with Gasteiger partial charge in [-0.3, -0.25) is 4.79 Å². The maximum atomic E-state index is 13.3. The molecule has 1 aromatic heterocycles. The number of nitrogens with zero attached hydrogens (tertiary/aromatic N) is 1. The fraction of sp³-hybridized carbons (Fsp3) is 0.138. The first-order chi connectivity index (χ1) is 18.4. The number of hydrogen-bond acceptors (Lipinski definition) is 5. The van der Waals surface area contributed by atoms with Crippen molar-refractivity contribution in [2.75, 3.05) is 11.9 Å². The maximum Gasteiger partial charge on any atom is 0.387 e. The van der Waals surface area contributed by atoms with Crippen LogP contribution in [0.3, 0.4) is 0 Å². The van der Waals surface area contributed by atoms with Crippen molar-refractivity contribution < 1.29 is 27.8 Å². The van der Waals surface area contributed by atoms with Gasteiger partial charge in [0.15, 0.2) is 6.61 Å². The molecule has 6 nitrogen and oxygen atoms in total. The van der Waals surface area contributed by atoms with Gasteiger partial charge in [-0.05, 0) is 65.9 Å². The van der Waals surface area contributed by atoms with Crippen LogP contribution in [-0.4, -0.2) is 30.1 Å². The van der Waals surface area contributed by atoms with Crippen molar-refractivity contribution in [1.29, 1.82) is 0 Å². The highest BCUT2D eigenvalue weighted by atomic mass is 35.5. The lowest BCUT2D eigenvalue weighted by Gasteiger charge is -2.13. The van der Waals surface area contributed by atoms with E-state index in [9.17, 15) is 18.4 Å². The van der Waals surface area contributed by atoms with Gasteiger partial charge in [-0.25, -0.2) is 9.78 Å². The largest absolute Gasteiger partial charge is 0.452 e. The summed E-state index contributed by atoms with van der Waals surface area (Å²) in [4.78, 5) is 30.6. The number of esters is 1. The lowest BCUT2D eigenvalue weighted by atomic mass is 10.0. The Morgan fingerprint density at radius 1 is 1.00 bits per heavy atom. The zero-order chi connectivity index (χ0) is 26.6. The van der Waals surface area contributed by atoms with Gasteiger partial charge in [0.2, 0.25) is 0 Å². The molecule has 0 aliphatic heterocycles. The zero-order valence-electron chi connectivity index (χ0n) is 19.9. The van der Waals surface area contributed by atoms with Gasteiger partial charge in [-0.15, -0.1) is 0 Å². The van der Waals surface area contributed by atoms with Crippen LogP contribution in [0.1, 0.15) is 33.6 Å². The molecular weight excluding hydrogens is 514 g/mol. The number of nitrogens with one attached hydrogen (secondary N) is 1. The Hall–Kier alpha value is -4.30. The number of carbonyl (C=O) groups is 2. The summed E-state index contributed by atoms with van der Waals surface area (Å²) in [6.07, 6.45) is 3.29. The molecular formula is C29H21ClF2N2O4. The minimum atomic E-state index is -3.05. The number of hydrogen-bond donors (Lipinski definition) is 1. The summed E-state index contributed by atoms with van der Waals surface area (Å²) < 4.78 is 35.1. The number of allylic oxidation sites excluding steroid dienone is 1. The van der Waals surface area contributed by atoms with Gasteiger partial charge in [-0.2, -0.15) is 8.78 Å². The highest BCUT2D eigenvalue weighted by Crippen LogP contribution is 2.38. The third kappa shape index (κ3) is 5.50. The van der Waals surface area contributed by atoms with Crippen LogP contribution in [0.25, 0.3) is 22.6 Å². The first-order valence-corrected chi connectivity index (χ1v) is 12.2. The summed E-state index contributed by atoms with van der Waals surface area (Å²) >= 11 is 6.01. The van der Waals surface area contributed by atoms with Crippen LogP contribution in [0.4, 0.5) is 14.5 Å². The molecule has 1 heterocycles. The Morgan fingerprint density at radius 3 is 2.53 bits per heavy atom. The van der Waals surface area contributed by atoms with Gasteiger partial charge >= 0.3 is 12.6 Å². The van der Waals surface area contributed by atoms with Crippen molar-refractivity contribution in [2.45, 2.75) is 19.5 Å². The van der Waals surface area contributed by atoms with Gasteiger partial charge in [-0.1, -0.05) is 54.1 Å². The summed E-state index contributed by atoms with van der Waals surface area (Å²) in [5.41, 5.74) is 4.45. The second-order valence-electron chi connectivity index (χ2n) is 8.55. The summed E-state index contributed by atoms with van der Waals surface area (Å²) in [5, 5.41) is 3.71. The van der Waals surface area contributed by atoms with Crippen LogP contribution in [0.5, 0.6) is 5.75 Å². The predicted molar refractivity (Wildman–Crippen MR) is 141 cm³/mol. The molecule has 0 saturated heterocycles. The van der Waals surface area contributed by atoms with E-state index in [2.05, 4.69) is 10.1 Å². The second kappa shape index (κ2) is 11.0. The topological polar surface area (TPSA) is 77.5 Å². The predicted octanol–water partition coefficient (Wildman–Crippen LogP) is 6.77. The molecule has 0 spiro atoms. The number of para-hydroxylation sites is 3. The van der Waals surface area contributed by atoms with E-state index in [0.29, 0.717) is 40.0 Å². The Morgan fingerprint density at radius 2 is 1.74 bits per heavy atom. The highest BCUT2D eigenvalue weighted by molar-refractivity contribution is 6.30. The van der Waals surface area contributed by atoms with Crippen LogP contribution in [0.15, 0.2) is 72.8 Å². The highest BCUT2D eigenvalue weighted by Gasteiger charge is 2.28. The van der Waals surface area contributed by atoms with E-state index < -0.39 is 25.1 Å². The minimum Gasteiger partial charge on any atom is -0.452 e. The summed E-state index contributed by atoms with van der Waals surface area (Å²) in [7, 11) is 0. The van der Waals surface area contributed by atoms with Crippen molar-refractivity contribution in [1.82, 2.24) is 4.98 Å². The zero-order valence-corrected chi connectivity index (χ0v) is 20.7. The third-order valence-electron chi connectivity index (χ3n) is 6.07. The quantitative estimate of drug-likeness (QED) is 0.265. The molecule has 0 radical (unpaired) electrons. The average Bonchev–Trinajstić information content (AvgIpc) is 3.30. The van der Waals surface area contributed by atoms with E-state index in [1.165, 1.54) is 18.2 Å². The number of benzene rings is 3. The normalized spacial score (nSPS) is 13.5. The molecule has 0 atom stereocenters. The minimum absolute atomic E-state index is 0.0427. The molecule has 5 rings (SSSR count). The Kier molecular flexibility index (Phi) is 7.33. The molecule has 1 aliphatic carbocycles. The first-order valence-electron chi connectivity index (χ1n) is 11.8. The first kappa shape index (κ1) is 25.4. The second-order valence-corrected chi connectivity index (χ2v) is 8.99. The molecule has 192 valence electrons. The van der Waals surface area contributed by atoms with E-state index in [0.717, 1.165) is 16.7 Å². The lowest BCUT2D eigenvalue weighted by Crippen LogP contribution is -2.22. The average molecular weight is 535 g/mol. The number of aromatic nitrogens is 1. The molecule has 3 aromatic carbocycles. The van der Waals surface area contributed by atoms with Crippen LogP contribution in [0, 0.1) is 0 Å². The Bertz CT molecular complexity index is 1550. The molecule has 0 unspecified atom stereocenters. The number of amides is 1. The molecule has 4 aromatic rings. The van der Waals surface area contributed by atoms with E-state index in [-0.39, 0.29) is 11.4 Å². The fourth-order valence-electron chi connectivity index (χ4n) is 4.43. The van der Waals surface area contributed by atoms with Gasteiger partial charge in [0.05, 0.1) is 22.5 Å². The van der Waals surface area contributed by atoms with E-state index in [1.54, 1.807) is 18.2 Å². The van der Waals surface area contributed by atoms with Crippen molar-refractivity contribution in [3.05, 3.63) is 100 Å². The maximum absolute atomic E-state index is 13.3. The number of pyridine rings is 1. The summed E-state index contributed by atoms with van der Waals surface area (Å²) in [6, 6.07) is 20.5. The number of alkyl halides is 2.